The second kappa shape index (κ2) is 9.34. The number of benzene rings is 2. The Morgan fingerprint density at radius 2 is 1.97 bits per heavy atom. The van der Waals surface area contributed by atoms with E-state index in [0.717, 1.165) is 11.1 Å². The van der Waals surface area contributed by atoms with Crippen molar-refractivity contribution in [2.45, 2.75) is 40.3 Å². The van der Waals surface area contributed by atoms with E-state index in [-0.39, 0.29) is 24.3 Å². The molecule has 0 bridgehead atoms. The van der Waals surface area contributed by atoms with E-state index in [0.29, 0.717) is 28.1 Å². The molecule has 158 valence electrons. The molecule has 2 aromatic rings. The number of halogens is 1. The molecular formula is C23H25BrN2O4. The fourth-order valence-corrected chi connectivity index (χ4v) is 3.71. The minimum Gasteiger partial charge on any atom is -0.490 e. The lowest BCUT2D eigenvalue weighted by molar-refractivity contribution is -0.123. The first-order chi connectivity index (χ1) is 14.3. The van der Waals surface area contributed by atoms with Gasteiger partial charge in [0.25, 0.3) is 5.91 Å². The molecule has 1 N–H and O–H groups in total. The van der Waals surface area contributed by atoms with Gasteiger partial charge >= 0.3 is 6.03 Å². The minimum absolute atomic E-state index is 0.0180. The highest BCUT2D eigenvalue weighted by atomic mass is 79.9. The maximum Gasteiger partial charge on any atom is 0.329 e. The molecule has 0 atom stereocenters. The lowest BCUT2D eigenvalue weighted by atomic mass is 10.1. The summed E-state index contributed by atoms with van der Waals surface area (Å²) < 4.78 is 12.3. The van der Waals surface area contributed by atoms with Crippen LogP contribution in [0.3, 0.4) is 0 Å². The molecule has 1 heterocycles. The quantitative estimate of drug-likeness (QED) is 0.452. The zero-order chi connectivity index (χ0) is 21.8. The van der Waals surface area contributed by atoms with Crippen LogP contribution in [-0.2, 0) is 11.3 Å². The Morgan fingerprint density at radius 3 is 2.63 bits per heavy atom. The van der Waals surface area contributed by atoms with Crippen molar-refractivity contribution in [1.82, 2.24) is 10.2 Å². The van der Waals surface area contributed by atoms with Gasteiger partial charge < -0.3 is 14.8 Å². The number of rotatable bonds is 7. The van der Waals surface area contributed by atoms with Crippen molar-refractivity contribution in [2.75, 3.05) is 6.61 Å². The molecule has 30 heavy (non-hydrogen) atoms. The van der Waals surface area contributed by atoms with Gasteiger partial charge in [-0.2, -0.15) is 0 Å². The fourth-order valence-electron chi connectivity index (χ4n) is 3.16. The molecule has 0 aromatic heterocycles. The first kappa shape index (κ1) is 21.9. The third-order valence-electron chi connectivity index (χ3n) is 4.38. The number of ether oxygens (including phenoxy) is 2. The molecule has 0 spiro atoms. The van der Waals surface area contributed by atoms with Crippen LogP contribution in [0.2, 0.25) is 0 Å². The number of urea groups is 1. The third kappa shape index (κ3) is 5.02. The highest BCUT2D eigenvalue weighted by Gasteiger charge is 2.33. The molecule has 3 amide bonds. The fraction of sp³-hybridized carbons (Fsp3) is 0.304. The van der Waals surface area contributed by atoms with Crippen molar-refractivity contribution in [2.24, 2.45) is 0 Å². The number of carbonyl (C=O) groups is 2. The molecule has 0 aliphatic carbocycles. The van der Waals surface area contributed by atoms with Crippen molar-refractivity contribution >= 4 is 33.9 Å². The average molecular weight is 473 g/mol. The first-order valence-electron chi connectivity index (χ1n) is 9.81. The van der Waals surface area contributed by atoms with E-state index in [1.807, 2.05) is 58.0 Å². The maximum atomic E-state index is 12.8. The maximum absolute atomic E-state index is 12.8. The molecule has 3 rings (SSSR count). The minimum atomic E-state index is -0.434. The van der Waals surface area contributed by atoms with Crippen LogP contribution in [0, 0.1) is 6.92 Å². The van der Waals surface area contributed by atoms with Crippen LogP contribution in [0.4, 0.5) is 4.79 Å². The number of imide groups is 1. The van der Waals surface area contributed by atoms with Crippen LogP contribution in [0.5, 0.6) is 11.5 Å². The number of hydrogen-bond donors (Lipinski definition) is 1. The molecule has 1 aliphatic heterocycles. The van der Waals surface area contributed by atoms with Gasteiger partial charge in [0.2, 0.25) is 0 Å². The van der Waals surface area contributed by atoms with E-state index in [9.17, 15) is 9.59 Å². The van der Waals surface area contributed by atoms with E-state index in [1.165, 1.54) is 4.90 Å². The van der Waals surface area contributed by atoms with Crippen LogP contribution in [0.25, 0.3) is 6.08 Å². The smallest absolute Gasteiger partial charge is 0.329 e. The topological polar surface area (TPSA) is 67.9 Å². The van der Waals surface area contributed by atoms with E-state index >= 15 is 0 Å². The highest BCUT2D eigenvalue weighted by Crippen LogP contribution is 2.38. The summed E-state index contributed by atoms with van der Waals surface area (Å²) >= 11 is 3.52. The van der Waals surface area contributed by atoms with Crippen molar-refractivity contribution in [1.29, 1.82) is 0 Å². The first-order valence-corrected chi connectivity index (χ1v) is 10.6. The third-order valence-corrected chi connectivity index (χ3v) is 4.97. The molecule has 1 aliphatic rings. The summed E-state index contributed by atoms with van der Waals surface area (Å²) in [4.78, 5) is 26.4. The number of aryl methyl sites for hydroxylation is 1. The summed E-state index contributed by atoms with van der Waals surface area (Å²) in [5, 5.41) is 2.67. The molecule has 1 saturated heterocycles. The Labute approximate surface area is 185 Å². The highest BCUT2D eigenvalue weighted by molar-refractivity contribution is 9.10. The number of hydrogen-bond acceptors (Lipinski definition) is 4. The van der Waals surface area contributed by atoms with E-state index in [4.69, 9.17) is 9.47 Å². The largest absolute Gasteiger partial charge is 0.490 e. The molecular weight excluding hydrogens is 448 g/mol. The zero-order valence-corrected chi connectivity index (χ0v) is 19.1. The summed E-state index contributed by atoms with van der Waals surface area (Å²) in [5.74, 6) is 0.816. The van der Waals surface area contributed by atoms with Crippen LogP contribution in [0.15, 0.2) is 46.6 Å². The molecule has 6 nitrogen and oxygen atoms in total. The van der Waals surface area contributed by atoms with E-state index in [1.54, 1.807) is 12.1 Å². The second-order valence-corrected chi connectivity index (χ2v) is 8.15. The molecule has 2 aromatic carbocycles. The summed E-state index contributed by atoms with van der Waals surface area (Å²) in [6.07, 6.45) is 1.62. The van der Waals surface area contributed by atoms with Gasteiger partial charge in [-0.3, -0.25) is 9.69 Å². The summed E-state index contributed by atoms with van der Waals surface area (Å²) in [5.41, 5.74) is 2.91. The van der Waals surface area contributed by atoms with Crippen LogP contribution in [-0.4, -0.2) is 29.5 Å². The summed E-state index contributed by atoms with van der Waals surface area (Å²) in [6.45, 7) is 8.43. The van der Waals surface area contributed by atoms with Gasteiger partial charge in [0.05, 0.1) is 23.7 Å². The Morgan fingerprint density at radius 1 is 1.20 bits per heavy atom. The molecule has 0 unspecified atom stereocenters. The number of carbonyl (C=O) groups excluding carboxylic acids is 2. The van der Waals surface area contributed by atoms with Crippen LogP contribution < -0.4 is 14.8 Å². The summed E-state index contributed by atoms with van der Waals surface area (Å²) in [7, 11) is 0. The second-order valence-electron chi connectivity index (χ2n) is 7.30. The van der Waals surface area contributed by atoms with E-state index < -0.39 is 6.03 Å². The average Bonchev–Trinajstić information content (AvgIpc) is 2.92. The molecule has 7 heteroatoms. The van der Waals surface area contributed by atoms with Gasteiger partial charge in [-0.05, 0) is 73.0 Å². The van der Waals surface area contributed by atoms with Crippen molar-refractivity contribution in [3.8, 4) is 11.5 Å². The van der Waals surface area contributed by atoms with Gasteiger partial charge in [-0.1, -0.05) is 29.8 Å². The number of nitrogens with zero attached hydrogens (tertiary/aromatic N) is 1. The predicted octanol–water partition coefficient (Wildman–Crippen LogP) is 5.04. The lowest BCUT2D eigenvalue weighted by Crippen LogP contribution is -2.30. The Balaban J connectivity index is 1.87. The molecule has 0 radical (unpaired) electrons. The Bertz CT molecular complexity index is 1000. The SMILES string of the molecule is CCOc1cc(/C=C2/NC(=O)N(Cc3cccc(C)c3)C2=O)cc(Br)c1OC(C)C. The monoisotopic (exact) mass is 472 g/mol. The summed E-state index contributed by atoms with van der Waals surface area (Å²) in [6, 6.07) is 10.9. The lowest BCUT2D eigenvalue weighted by Gasteiger charge is -2.17. The predicted molar refractivity (Wildman–Crippen MR) is 119 cm³/mol. The van der Waals surface area contributed by atoms with Gasteiger partial charge in [0.1, 0.15) is 5.70 Å². The molecule has 0 saturated carbocycles. The van der Waals surface area contributed by atoms with Gasteiger partial charge in [-0.15, -0.1) is 0 Å². The van der Waals surface area contributed by atoms with Gasteiger partial charge in [0, 0.05) is 0 Å². The van der Waals surface area contributed by atoms with Gasteiger partial charge in [-0.25, -0.2) is 4.79 Å². The zero-order valence-electron chi connectivity index (χ0n) is 17.5. The molecule has 1 fully saturated rings. The Hall–Kier alpha value is -2.80. The van der Waals surface area contributed by atoms with Crippen LogP contribution >= 0.6 is 15.9 Å². The van der Waals surface area contributed by atoms with Crippen molar-refractivity contribution in [3.05, 3.63) is 63.3 Å². The normalized spacial score (nSPS) is 15.1. The standard InChI is InChI=1S/C23H25BrN2O4/c1-5-29-20-12-17(10-18(24)21(20)30-14(2)3)11-19-22(27)26(23(28)25-19)13-16-8-6-7-15(4)9-16/h6-12,14H,5,13H2,1-4H3,(H,25,28)/b19-11+. The van der Waals surface area contributed by atoms with Crippen molar-refractivity contribution < 1.29 is 19.1 Å². The van der Waals surface area contributed by atoms with Gasteiger partial charge in [0.15, 0.2) is 11.5 Å². The number of nitrogens with one attached hydrogen (secondary N) is 1. The van der Waals surface area contributed by atoms with E-state index in [2.05, 4.69) is 21.2 Å². The van der Waals surface area contributed by atoms with Crippen LogP contribution in [0.1, 0.15) is 37.5 Å². The number of amides is 3. The Kier molecular flexibility index (Phi) is 6.82. The van der Waals surface area contributed by atoms with Crippen molar-refractivity contribution in [3.63, 3.8) is 0 Å².